The van der Waals surface area contributed by atoms with Crippen molar-refractivity contribution in [3.63, 3.8) is 0 Å². The van der Waals surface area contributed by atoms with Gasteiger partial charge in [0, 0.05) is 30.3 Å². The third kappa shape index (κ3) is 2.55. The molecule has 5 aliphatic rings. The second-order valence-electron chi connectivity index (χ2n) is 11.0. The molecule has 0 bridgehead atoms. The van der Waals surface area contributed by atoms with Crippen LogP contribution in [-0.4, -0.2) is 79.3 Å². The Morgan fingerprint density at radius 3 is 2.52 bits per heavy atom. The van der Waals surface area contributed by atoms with E-state index in [0.29, 0.717) is 19.3 Å². The first-order valence-electron chi connectivity index (χ1n) is 11.5. The van der Waals surface area contributed by atoms with Gasteiger partial charge in [0.2, 0.25) is 0 Å². The van der Waals surface area contributed by atoms with Crippen LogP contribution in [0.3, 0.4) is 0 Å². The van der Waals surface area contributed by atoms with Crippen molar-refractivity contribution in [3.05, 3.63) is 11.6 Å². The van der Waals surface area contributed by atoms with E-state index in [4.69, 9.17) is 4.74 Å². The van der Waals surface area contributed by atoms with E-state index in [-0.39, 0.29) is 44.2 Å². The molecule has 0 aromatic rings. The summed E-state index contributed by atoms with van der Waals surface area (Å²) in [6.45, 7) is 1.64. The van der Waals surface area contributed by atoms with Gasteiger partial charge in [0.05, 0.1) is 41.5 Å². The van der Waals surface area contributed by atoms with Crippen LogP contribution in [0.1, 0.15) is 51.9 Å². The molecule has 6 N–H and O–H groups in total. The van der Waals surface area contributed by atoms with Crippen LogP contribution < -0.4 is 0 Å². The Bertz CT molecular complexity index is 813. The second kappa shape index (κ2) is 6.74. The lowest BCUT2D eigenvalue weighted by Crippen LogP contribution is -2.75. The maximum Gasteiger partial charge on any atom is 0.331 e. The van der Waals surface area contributed by atoms with Gasteiger partial charge in [-0.1, -0.05) is 6.92 Å². The predicted molar refractivity (Wildman–Crippen MR) is 107 cm³/mol. The normalized spacial score (nSPS) is 56.4. The Labute approximate surface area is 181 Å². The molecule has 0 radical (unpaired) electrons. The van der Waals surface area contributed by atoms with E-state index in [2.05, 4.69) is 0 Å². The van der Waals surface area contributed by atoms with Crippen molar-refractivity contribution in [2.75, 3.05) is 13.2 Å². The zero-order valence-electron chi connectivity index (χ0n) is 17.9. The van der Waals surface area contributed by atoms with Gasteiger partial charge in [0.1, 0.15) is 6.61 Å². The SMILES string of the molecule is C[C@@]12C[C@H](O)[C@@H]3[C@H](CC[C@@]4(O)C[C@@H](O)C[C@H](O)[C@]34CO)[C@@]1(O)CC[C@H]2C1=CC(=O)OC1. The molecule has 0 spiro atoms. The summed E-state index contributed by atoms with van der Waals surface area (Å²) in [5.74, 6) is -1.62. The number of hydrogen-bond acceptors (Lipinski definition) is 8. The average Bonchev–Trinajstić information content (AvgIpc) is 3.21. The molecular formula is C23H34O8. The van der Waals surface area contributed by atoms with E-state index in [1.807, 2.05) is 6.92 Å². The topological polar surface area (TPSA) is 148 Å². The first-order chi connectivity index (χ1) is 14.5. The van der Waals surface area contributed by atoms with Gasteiger partial charge in [0.25, 0.3) is 0 Å². The minimum absolute atomic E-state index is 0.0173. The summed E-state index contributed by atoms with van der Waals surface area (Å²) in [5, 5.41) is 67.0. The van der Waals surface area contributed by atoms with E-state index in [1.165, 1.54) is 6.08 Å². The molecule has 4 saturated carbocycles. The highest BCUT2D eigenvalue weighted by molar-refractivity contribution is 5.85. The maximum atomic E-state index is 12.1. The fourth-order valence-corrected chi connectivity index (χ4v) is 8.69. The summed E-state index contributed by atoms with van der Waals surface area (Å²) in [6, 6.07) is 0. The molecule has 8 nitrogen and oxygen atoms in total. The molecule has 31 heavy (non-hydrogen) atoms. The molecule has 4 fully saturated rings. The number of carbonyl (C=O) groups is 1. The summed E-state index contributed by atoms with van der Waals surface area (Å²) < 4.78 is 5.11. The van der Waals surface area contributed by atoms with Crippen molar-refractivity contribution in [1.82, 2.24) is 0 Å². The largest absolute Gasteiger partial charge is 0.458 e. The summed E-state index contributed by atoms with van der Waals surface area (Å²) >= 11 is 0. The van der Waals surface area contributed by atoms with Crippen molar-refractivity contribution >= 4 is 5.97 Å². The van der Waals surface area contributed by atoms with E-state index in [0.717, 1.165) is 5.57 Å². The molecule has 0 saturated heterocycles. The Balaban J connectivity index is 1.58. The minimum atomic E-state index is -1.52. The van der Waals surface area contributed by atoms with Crippen molar-refractivity contribution < 1.29 is 40.2 Å². The van der Waals surface area contributed by atoms with Crippen molar-refractivity contribution in [1.29, 1.82) is 0 Å². The van der Waals surface area contributed by atoms with Gasteiger partial charge in [-0.3, -0.25) is 0 Å². The van der Waals surface area contributed by atoms with Crippen LogP contribution in [0.15, 0.2) is 11.6 Å². The van der Waals surface area contributed by atoms with Gasteiger partial charge in [-0.05, 0) is 49.5 Å². The number of carbonyl (C=O) groups excluding carboxylic acids is 1. The van der Waals surface area contributed by atoms with E-state index in [9.17, 15) is 35.4 Å². The van der Waals surface area contributed by atoms with Crippen LogP contribution in [-0.2, 0) is 9.53 Å². The van der Waals surface area contributed by atoms with Gasteiger partial charge < -0.3 is 35.4 Å². The quantitative estimate of drug-likeness (QED) is 0.320. The lowest BCUT2D eigenvalue weighted by Gasteiger charge is -2.68. The minimum Gasteiger partial charge on any atom is -0.458 e. The van der Waals surface area contributed by atoms with Crippen LogP contribution in [0.5, 0.6) is 0 Å². The fourth-order valence-electron chi connectivity index (χ4n) is 8.69. The maximum absolute atomic E-state index is 12.1. The van der Waals surface area contributed by atoms with E-state index < -0.39 is 58.8 Å². The summed E-state index contributed by atoms with van der Waals surface area (Å²) in [5.41, 5.74) is -3.95. The van der Waals surface area contributed by atoms with E-state index >= 15 is 0 Å². The van der Waals surface area contributed by atoms with Crippen molar-refractivity contribution in [2.24, 2.45) is 28.6 Å². The summed E-state index contributed by atoms with van der Waals surface area (Å²) in [4.78, 5) is 11.7. The number of aliphatic hydroxyl groups excluding tert-OH is 4. The standard InChI is InChI=1S/C23H34O8/c1-20-9-16(26)19-15(23(20,30)5-3-14(20)12-6-18(28)31-10-12)2-4-21(29)8-13(25)7-17(27)22(19,21)11-24/h6,13-17,19,24-27,29-30H,2-5,7-11H2,1H3/t13-,14-,15-,16-,17-,19-,20-,21+,22+,23-/m0/s1. The molecule has 0 aromatic carbocycles. The third-order valence-corrected chi connectivity index (χ3v) is 10.1. The van der Waals surface area contributed by atoms with Crippen LogP contribution in [0.2, 0.25) is 0 Å². The zero-order valence-corrected chi connectivity index (χ0v) is 17.9. The van der Waals surface area contributed by atoms with Gasteiger partial charge in [-0.25, -0.2) is 4.79 Å². The summed E-state index contributed by atoms with van der Waals surface area (Å²) in [6.07, 6.45) is 0.531. The fraction of sp³-hybridized carbons (Fsp3) is 0.870. The molecule has 10 atom stereocenters. The van der Waals surface area contributed by atoms with Gasteiger partial charge in [-0.2, -0.15) is 0 Å². The third-order valence-electron chi connectivity index (χ3n) is 10.1. The molecule has 8 heteroatoms. The highest BCUT2D eigenvalue weighted by atomic mass is 16.5. The molecule has 0 unspecified atom stereocenters. The number of rotatable bonds is 2. The summed E-state index contributed by atoms with van der Waals surface area (Å²) in [7, 11) is 0. The number of cyclic esters (lactones) is 1. The Morgan fingerprint density at radius 1 is 1.13 bits per heavy atom. The smallest absolute Gasteiger partial charge is 0.331 e. The van der Waals surface area contributed by atoms with Crippen LogP contribution in [0.4, 0.5) is 0 Å². The number of ether oxygens (including phenoxy) is 1. The number of hydrogen-bond donors (Lipinski definition) is 6. The van der Waals surface area contributed by atoms with Crippen LogP contribution >= 0.6 is 0 Å². The molecule has 174 valence electrons. The monoisotopic (exact) mass is 438 g/mol. The van der Waals surface area contributed by atoms with Crippen molar-refractivity contribution in [3.8, 4) is 0 Å². The lowest BCUT2D eigenvalue weighted by molar-refractivity contribution is -0.317. The van der Waals surface area contributed by atoms with Gasteiger partial charge >= 0.3 is 5.97 Å². The molecule has 0 amide bonds. The second-order valence-corrected chi connectivity index (χ2v) is 11.0. The average molecular weight is 439 g/mol. The molecule has 0 aromatic heterocycles. The lowest BCUT2D eigenvalue weighted by atomic mass is 9.40. The first kappa shape index (κ1) is 21.8. The molecule has 4 aliphatic carbocycles. The van der Waals surface area contributed by atoms with Crippen LogP contribution in [0.25, 0.3) is 0 Å². The number of fused-ring (bicyclic) bond motifs is 5. The molecular weight excluding hydrogens is 404 g/mol. The number of aliphatic hydroxyl groups is 6. The number of esters is 1. The van der Waals surface area contributed by atoms with Gasteiger partial charge in [-0.15, -0.1) is 0 Å². The van der Waals surface area contributed by atoms with E-state index in [1.54, 1.807) is 0 Å². The molecule has 1 heterocycles. The molecule has 5 rings (SSSR count). The molecule has 1 aliphatic heterocycles. The Hall–Kier alpha value is -1.03. The predicted octanol–water partition coefficient (Wildman–Crippen LogP) is -0.367. The first-order valence-corrected chi connectivity index (χ1v) is 11.5. The highest BCUT2D eigenvalue weighted by Crippen LogP contribution is 2.70. The Kier molecular flexibility index (Phi) is 4.74. The van der Waals surface area contributed by atoms with Crippen molar-refractivity contribution in [2.45, 2.75) is 81.4 Å². The van der Waals surface area contributed by atoms with Gasteiger partial charge in [0.15, 0.2) is 0 Å². The Morgan fingerprint density at radius 2 is 1.87 bits per heavy atom. The van der Waals surface area contributed by atoms with Crippen LogP contribution in [0, 0.1) is 28.6 Å². The zero-order chi connectivity index (χ0) is 22.4. The highest BCUT2D eigenvalue weighted by Gasteiger charge is 2.75.